The van der Waals surface area contributed by atoms with E-state index in [0.717, 1.165) is 41.8 Å². The molecule has 2 fully saturated rings. The normalized spacial score (nSPS) is 22.5. The van der Waals surface area contributed by atoms with E-state index in [2.05, 4.69) is 10.4 Å². The summed E-state index contributed by atoms with van der Waals surface area (Å²) in [5, 5.41) is 8.98. The highest BCUT2D eigenvalue weighted by atomic mass is 35.5. The Morgan fingerprint density at radius 2 is 1.54 bits per heavy atom. The van der Waals surface area contributed by atoms with E-state index in [4.69, 9.17) is 52.1 Å². The van der Waals surface area contributed by atoms with Gasteiger partial charge < -0.3 is 11.1 Å². The van der Waals surface area contributed by atoms with Crippen LogP contribution in [0.2, 0.25) is 20.1 Å². The summed E-state index contributed by atoms with van der Waals surface area (Å²) in [6, 6.07) is 11.0. The minimum absolute atomic E-state index is 0.0467. The van der Waals surface area contributed by atoms with Crippen molar-refractivity contribution in [2.45, 2.75) is 56.0 Å². The van der Waals surface area contributed by atoms with Crippen LogP contribution < -0.4 is 11.1 Å². The molecule has 2 saturated carbocycles. The molecule has 198 valence electrons. The minimum Gasteiger partial charge on any atom is -0.349 e. The van der Waals surface area contributed by atoms with E-state index >= 15 is 0 Å². The first kappa shape index (κ1) is 28.1. The van der Waals surface area contributed by atoms with Gasteiger partial charge in [0.15, 0.2) is 0 Å². The number of alkyl halides is 2. The Kier molecular flexibility index (Phi) is 9.02. The number of hydrogen-bond acceptors (Lipinski definition) is 3. The molecule has 2 aliphatic carbocycles. The number of nitrogens with zero attached hydrogens (tertiary/aromatic N) is 2. The van der Waals surface area contributed by atoms with Crippen molar-refractivity contribution < 1.29 is 13.6 Å². The van der Waals surface area contributed by atoms with Crippen LogP contribution in [0.25, 0.3) is 0 Å². The van der Waals surface area contributed by atoms with Crippen LogP contribution in [0.1, 0.15) is 71.1 Å². The van der Waals surface area contributed by atoms with Gasteiger partial charge in [-0.2, -0.15) is 5.10 Å². The van der Waals surface area contributed by atoms with E-state index in [-0.39, 0.29) is 23.6 Å². The Balaban J connectivity index is 0.000000207. The monoisotopic (exact) mass is 588 g/mol. The molecule has 0 bridgehead atoms. The van der Waals surface area contributed by atoms with Gasteiger partial charge in [-0.3, -0.25) is 9.48 Å². The van der Waals surface area contributed by atoms with Crippen LogP contribution in [0, 0.1) is 0 Å². The summed E-state index contributed by atoms with van der Waals surface area (Å²) in [5.41, 5.74) is 7.31. The van der Waals surface area contributed by atoms with Gasteiger partial charge in [-0.25, -0.2) is 8.78 Å². The molecule has 0 radical (unpaired) electrons. The standard InChI is InChI=1S/C16H15Cl2F2N3O.C10H11Cl2N/c1-23-7-11(14(22-23)15(19)20)16(24)21-13-5-4-10(13)9-3-2-8(17)6-12(9)18;11-6-1-2-7(9(12)5-6)8-3-4-10(8)13/h2-3,6-7,10,13,15H,4-5H2,1H3,(H,21,24);1-2,5,8,10H,3-4,13H2/t10-,13+;/m0./s1. The van der Waals surface area contributed by atoms with E-state index in [1.165, 1.54) is 17.9 Å². The van der Waals surface area contributed by atoms with E-state index < -0.39 is 18.0 Å². The third-order valence-electron chi connectivity index (χ3n) is 6.95. The van der Waals surface area contributed by atoms with Crippen LogP contribution in [0.3, 0.4) is 0 Å². The number of halogens is 6. The average Bonchev–Trinajstić information content (AvgIpc) is 3.22. The van der Waals surface area contributed by atoms with Crippen molar-refractivity contribution in [1.29, 1.82) is 0 Å². The minimum atomic E-state index is -2.80. The lowest BCUT2D eigenvalue weighted by molar-refractivity contribution is 0.0891. The second kappa shape index (κ2) is 11.9. The highest BCUT2D eigenvalue weighted by molar-refractivity contribution is 6.35. The number of aryl methyl sites for hydroxylation is 1. The van der Waals surface area contributed by atoms with Gasteiger partial charge in [-0.1, -0.05) is 58.5 Å². The molecule has 4 atom stereocenters. The maximum Gasteiger partial charge on any atom is 0.282 e. The van der Waals surface area contributed by atoms with Gasteiger partial charge in [0.25, 0.3) is 12.3 Å². The molecule has 0 spiro atoms. The fourth-order valence-corrected chi connectivity index (χ4v) is 5.75. The molecule has 1 amide bonds. The molecule has 0 aliphatic heterocycles. The van der Waals surface area contributed by atoms with Crippen molar-refractivity contribution in [3.63, 3.8) is 0 Å². The van der Waals surface area contributed by atoms with Crippen molar-refractivity contribution in [3.05, 3.63) is 85.1 Å². The van der Waals surface area contributed by atoms with E-state index in [1.54, 1.807) is 18.2 Å². The Hall–Kier alpha value is -1.90. The lowest BCUT2D eigenvalue weighted by Crippen LogP contribution is -2.45. The van der Waals surface area contributed by atoms with Crippen LogP contribution in [0.15, 0.2) is 42.6 Å². The molecule has 0 saturated heterocycles. The highest BCUT2D eigenvalue weighted by Crippen LogP contribution is 2.41. The molecule has 2 unspecified atom stereocenters. The summed E-state index contributed by atoms with van der Waals surface area (Å²) in [7, 11) is 1.50. The fourth-order valence-electron chi connectivity index (χ4n) is 4.65. The van der Waals surface area contributed by atoms with Crippen LogP contribution in [0.5, 0.6) is 0 Å². The van der Waals surface area contributed by atoms with Crippen molar-refractivity contribution in [3.8, 4) is 0 Å². The predicted molar refractivity (Wildman–Crippen MR) is 144 cm³/mol. The lowest BCUT2D eigenvalue weighted by atomic mass is 9.75. The van der Waals surface area contributed by atoms with Crippen molar-refractivity contribution in [2.75, 3.05) is 0 Å². The molecular formula is C26H26Cl4F2N4O. The number of benzene rings is 2. The van der Waals surface area contributed by atoms with Gasteiger partial charge in [0.2, 0.25) is 0 Å². The second-order valence-electron chi connectivity index (χ2n) is 9.35. The average molecular weight is 590 g/mol. The summed E-state index contributed by atoms with van der Waals surface area (Å²) in [6.45, 7) is 0. The number of hydrogen-bond donors (Lipinski definition) is 2. The van der Waals surface area contributed by atoms with Crippen LogP contribution in [0.4, 0.5) is 8.78 Å². The molecule has 2 aliphatic rings. The Bertz CT molecular complexity index is 1290. The smallest absolute Gasteiger partial charge is 0.282 e. The van der Waals surface area contributed by atoms with Gasteiger partial charge >= 0.3 is 0 Å². The van der Waals surface area contributed by atoms with Crippen LogP contribution >= 0.6 is 46.4 Å². The largest absolute Gasteiger partial charge is 0.349 e. The molecule has 3 N–H and O–H groups in total. The number of amides is 1. The summed E-state index contributed by atoms with van der Waals surface area (Å²) in [5.74, 6) is -0.0617. The first-order valence-corrected chi connectivity index (χ1v) is 13.3. The molecule has 11 heteroatoms. The zero-order valence-electron chi connectivity index (χ0n) is 19.9. The van der Waals surface area contributed by atoms with Gasteiger partial charge in [0, 0.05) is 57.3 Å². The molecule has 5 nitrogen and oxygen atoms in total. The van der Waals surface area contributed by atoms with Gasteiger partial charge in [0.1, 0.15) is 5.69 Å². The van der Waals surface area contributed by atoms with Crippen molar-refractivity contribution in [2.24, 2.45) is 12.8 Å². The highest BCUT2D eigenvalue weighted by Gasteiger charge is 2.36. The zero-order chi connectivity index (χ0) is 26.9. The third kappa shape index (κ3) is 6.40. The van der Waals surface area contributed by atoms with Crippen LogP contribution in [-0.4, -0.2) is 27.8 Å². The number of aromatic nitrogens is 2. The number of carbonyl (C=O) groups is 1. The number of rotatable bonds is 5. The third-order valence-corrected chi connectivity index (χ3v) is 8.08. The molecule has 1 aromatic heterocycles. The Labute approximate surface area is 234 Å². The molecule has 2 aromatic carbocycles. The maximum atomic E-state index is 13.0. The van der Waals surface area contributed by atoms with E-state index in [0.29, 0.717) is 21.0 Å². The molecule has 1 heterocycles. The predicted octanol–water partition coefficient (Wildman–Crippen LogP) is 7.54. The van der Waals surface area contributed by atoms with E-state index in [1.807, 2.05) is 18.2 Å². The maximum absolute atomic E-state index is 13.0. The number of nitrogens with two attached hydrogens (primary N) is 1. The Morgan fingerprint density at radius 3 is 1.97 bits per heavy atom. The fraction of sp³-hybridized carbons (Fsp3) is 0.385. The van der Waals surface area contributed by atoms with Crippen molar-refractivity contribution >= 4 is 52.3 Å². The molecule has 37 heavy (non-hydrogen) atoms. The second-order valence-corrected chi connectivity index (χ2v) is 11.0. The molecule has 5 rings (SSSR count). The number of carbonyl (C=O) groups excluding carboxylic acids is 1. The summed E-state index contributed by atoms with van der Waals surface area (Å²) in [6.07, 6.45) is 2.38. The Morgan fingerprint density at radius 1 is 0.973 bits per heavy atom. The summed E-state index contributed by atoms with van der Waals surface area (Å²) in [4.78, 5) is 12.4. The quantitative estimate of drug-likeness (QED) is 0.323. The molecular weight excluding hydrogens is 564 g/mol. The van der Waals surface area contributed by atoms with Crippen molar-refractivity contribution in [1.82, 2.24) is 15.1 Å². The first-order valence-electron chi connectivity index (χ1n) is 11.8. The molecule has 3 aromatic rings. The van der Waals surface area contributed by atoms with E-state index in [9.17, 15) is 13.6 Å². The van der Waals surface area contributed by atoms with Gasteiger partial charge in [-0.05, 0) is 61.1 Å². The number of nitrogens with one attached hydrogen (secondary N) is 1. The summed E-state index contributed by atoms with van der Waals surface area (Å²) < 4.78 is 27.2. The van der Waals surface area contributed by atoms with Gasteiger partial charge in [0.05, 0.1) is 5.56 Å². The lowest BCUT2D eigenvalue weighted by Gasteiger charge is -2.38. The van der Waals surface area contributed by atoms with Crippen LogP contribution in [-0.2, 0) is 7.05 Å². The van der Waals surface area contributed by atoms with Gasteiger partial charge in [-0.15, -0.1) is 0 Å². The first-order chi connectivity index (χ1) is 17.5. The SMILES string of the molecule is Cn1cc(C(=O)N[C@@H]2CC[C@H]2c2ccc(Cl)cc2Cl)c(C(F)F)n1.NC1CCC1c1ccc(Cl)cc1Cl. The zero-order valence-corrected chi connectivity index (χ0v) is 22.9. The topological polar surface area (TPSA) is 72.9 Å². The summed E-state index contributed by atoms with van der Waals surface area (Å²) >= 11 is 24.0.